The second-order valence-electron chi connectivity index (χ2n) is 4.18. The maximum atomic E-state index is 9.95. The summed E-state index contributed by atoms with van der Waals surface area (Å²) in [4.78, 5) is 2.52. The first-order valence-corrected chi connectivity index (χ1v) is 8.17. The van der Waals surface area contributed by atoms with Crippen LogP contribution >= 0.6 is 23.5 Å². The number of aliphatic hydroxyl groups excluding tert-OH is 1. The first kappa shape index (κ1) is 13.8. The molecule has 1 N–H and O–H groups in total. The van der Waals surface area contributed by atoms with Gasteiger partial charge in [0.25, 0.3) is 0 Å². The van der Waals surface area contributed by atoms with Crippen LogP contribution in [0.15, 0.2) is 58.4 Å². The molecule has 1 nitrogen and oxygen atoms in total. The summed E-state index contributed by atoms with van der Waals surface area (Å²) in [7, 11) is 0. The molecule has 0 radical (unpaired) electrons. The standard InChI is InChI=1S/C15H18OS2/c16-13(11-17-14-7-3-1-4-8-14)12-18-15-9-5-2-6-10-15/h1,3-5,7-10,13,16H,2,6,11-12H2. The van der Waals surface area contributed by atoms with Gasteiger partial charge in [0.05, 0.1) is 6.10 Å². The van der Waals surface area contributed by atoms with Crippen molar-refractivity contribution in [2.24, 2.45) is 0 Å². The SMILES string of the molecule is OC(CSC1=CCCC=C1)CSc1ccccc1. The van der Waals surface area contributed by atoms with Crippen LogP contribution in [0.2, 0.25) is 0 Å². The van der Waals surface area contributed by atoms with Gasteiger partial charge in [0.1, 0.15) is 0 Å². The Morgan fingerprint density at radius 2 is 1.83 bits per heavy atom. The first-order chi connectivity index (χ1) is 8.84. The van der Waals surface area contributed by atoms with Gasteiger partial charge in [-0.3, -0.25) is 0 Å². The average molecular weight is 278 g/mol. The van der Waals surface area contributed by atoms with E-state index in [2.05, 4.69) is 30.4 Å². The Morgan fingerprint density at radius 1 is 1.06 bits per heavy atom. The second kappa shape index (κ2) is 7.72. The summed E-state index contributed by atoms with van der Waals surface area (Å²) >= 11 is 3.47. The minimum atomic E-state index is -0.253. The summed E-state index contributed by atoms with van der Waals surface area (Å²) < 4.78 is 0. The van der Waals surface area contributed by atoms with Crippen molar-refractivity contribution in [2.75, 3.05) is 11.5 Å². The van der Waals surface area contributed by atoms with Crippen LogP contribution in [0, 0.1) is 0 Å². The van der Waals surface area contributed by atoms with Crippen LogP contribution in [0.4, 0.5) is 0 Å². The molecule has 0 fully saturated rings. The number of hydrogen-bond acceptors (Lipinski definition) is 3. The molecule has 1 unspecified atom stereocenters. The second-order valence-corrected chi connectivity index (χ2v) is 6.36. The number of thioether (sulfide) groups is 2. The number of benzene rings is 1. The summed E-state index contributed by atoms with van der Waals surface area (Å²) in [6.07, 6.45) is 8.64. The summed E-state index contributed by atoms with van der Waals surface area (Å²) in [6.45, 7) is 0. The lowest BCUT2D eigenvalue weighted by Gasteiger charge is -2.11. The van der Waals surface area contributed by atoms with Crippen molar-refractivity contribution < 1.29 is 5.11 Å². The highest BCUT2D eigenvalue weighted by atomic mass is 32.2. The lowest BCUT2D eigenvalue weighted by molar-refractivity contribution is 0.225. The van der Waals surface area contributed by atoms with Crippen LogP contribution in [0.3, 0.4) is 0 Å². The molecule has 3 heteroatoms. The molecule has 1 aromatic carbocycles. The van der Waals surface area contributed by atoms with Gasteiger partial charge in [-0.25, -0.2) is 0 Å². The average Bonchev–Trinajstić information content (AvgIpc) is 2.45. The van der Waals surface area contributed by atoms with Crippen LogP contribution in [-0.4, -0.2) is 22.7 Å². The molecular weight excluding hydrogens is 260 g/mol. The lowest BCUT2D eigenvalue weighted by atomic mass is 10.2. The third-order valence-electron chi connectivity index (χ3n) is 2.59. The van der Waals surface area contributed by atoms with Crippen LogP contribution in [0.1, 0.15) is 12.8 Å². The van der Waals surface area contributed by atoms with Crippen molar-refractivity contribution in [1.82, 2.24) is 0 Å². The van der Waals surface area contributed by atoms with Gasteiger partial charge in [0.2, 0.25) is 0 Å². The van der Waals surface area contributed by atoms with Gasteiger partial charge in [0.15, 0.2) is 0 Å². The van der Waals surface area contributed by atoms with E-state index in [0.717, 1.165) is 24.3 Å². The van der Waals surface area contributed by atoms with Crippen molar-refractivity contribution in [2.45, 2.75) is 23.8 Å². The molecular formula is C15H18OS2. The molecule has 0 amide bonds. The fraction of sp³-hybridized carbons (Fsp3) is 0.333. The van der Waals surface area contributed by atoms with E-state index in [-0.39, 0.29) is 6.10 Å². The fourth-order valence-corrected chi connectivity index (χ4v) is 3.58. The normalized spacial score (nSPS) is 16.4. The molecule has 0 aliphatic heterocycles. The molecule has 0 spiro atoms. The fourth-order valence-electron chi connectivity index (χ4n) is 1.65. The van der Waals surface area contributed by atoms with Gasteiger partial charge < -0.3 is 5.11 Å². The summed E-state index contributed by atoms with van der Waals surface area (Å²) in [6, 6.07) is 10.2. The van der Waals surface area contributed by atoms with E-state index in [1.807, 2.05) is 18.2 Å². The molecule has 1 aliphatic rings. The molecule has 18 heavy (non-hydrogen) atoms. The number of allylic oxidation sites excluding steroid dienone is 3. The molecule has 1 aliphatic carbocycles. The third-order valence-corrected chi connectivity index (χ3v) is 4.93. The lowest BCUT2D eigenvalue weighted by Crippen LogP contribution is -2.13. The van der Waals surface area contributed by atoms with Crippen molar-refractivity contribution in [3.05, 3.63) is 53.5 Å². The predicted molar refractivity (Wildman–Crippen MR) is 82.1 cm³/mol. The van der Waals surface area contributed by atoms with Crippen LogP contribution in [0.25, 0.3) is 0 Å². The summed E-state index contributed by atoms with van der Waals surface area (Å²) in [5, 5.41) is 9.95. The zero-order valence-corrected chi connectivity index (χ0v) is 11.9. The highest BCUT2D eigenvalue weighted by molar-refractivity contribution is 8.03. The van der Waals surface area contributed by atoms with E-state index in [1.165, 1.54) is 9.80 Å². The molecule has 0 saturated heterocycles. The minimum Gasteiger partial charge on any atom is -0.391 e. The van der Waals surface area contributed by atoms with Crippen molar-refractivity contribution in [3.63, 3.8) is 0 Å². The molecule has 2 rings (SSSR count). The highest BCUT2D eigenvalue weighted by Crippen LogP contribution is 2.25. The molecule has 0 saturated carbocycles. The summed E-state index contributed by atoms with van der Waals surface area (Å²) in [5.74, 6) is 1.53. The van der Waals surface area contributed by atoms with Crippen LogP contribution in [-0.2, 0) is 0 Å². The number of rotatable bonds is 6. The zero-order chi connectivity index (χ0) is 12.6. The molecule has 1 atom stereocenters. The summed E-state index contributed by atoms with van der Waals surface area (Å²) in [5.41, 5.74) is 0. The topological polar surface area (TPSA) is 20.2 Å². The van der Waals surface area contributed by atoms with Gasteiger partial charge in [0, 0.05) is 21.3 Å². The Labute approximate surface area is 117 Å². The Kier molecular flexibility index (Phi) is 5.91. The van der Waals surface area contributed by atoms with E-state index < -0.39 is 0 Å². The molecule has 0 heterocycles. The number of hydrogen-bond donors (Lipinski definition) is 1. The Morgan fingerprint density at radius 3 is 2.56 bits per heavy atom. The van der Waals surface area contributed by atoms with E-state index in [1.54, 1.807) is 23.5 Å². The van der Waals surface area contributed by atoms with Crippen molar-refractivity contribution >= 4 is 23.5 Å². The smallest absolute Gasteiger partial charge is 0.0727 e. The zero-order valence-electron chi connectivity index (χ0n) is 10.3. The monoisotopic (exact) mass is 278 g/mol. The van der Waals surface area contributed by atoms with Crippen molar-refractivity contribution in [1.29, 1.82) is 0 Å². The van der Waals surface area contributed by atoms with E-state index in [9.17, 15) is 5.11 Å². The first-order valence-electron chi connectivity index (χ1n) is 6.20. The maximum Gasteiger partial charge on any atom is 0.0727 e. The van der Waals surface area contributed by atoms with Gasteiger partial charge in [-0.05, 0) is 25.0 Å². The van der Waals surface area contributed by atoms with E-state index >= 15 is 0 Å². The third kappa shape index (κ3) is 4.92. The van der Waals surface area contributed by atoms with Gasteiger partial charge >= 0.3 is 0 Å². The van der Waals surface area contributed by atoms with Gasteiger partial charge in [-0.1, -0.05) is 36.4 Å². The molecule has 0 bridgehead atoms. The highest BCUT2D eigenvalue weighted by Gasteiger charge is 2.07. The van der Waals surface area contributed by atoms with Gasteiger partial charge in [-0.15, -0.1) is 23.5 Å². The maximum absolute atomic E-state index is 9.95. The quantitative estimate of drug-likeness (QED) is 0.791. The van der Waals surface area contributed by atoms with E-state index in [4.69, 9.17) is 0 Å². The Hall–Kier alpha value is -0.640. The van der Waals surface area contributed by atoms with E-state index in [0.29, 0.717) is 0 Å². The number of aliphatic hydroxyl groups is 1. The largest absolute Gasteiger partial charge is 0.391 e. The predicted octanol–water partition coefficient (Wildman–Crippen LogP) is 4.11. The van der Waals surface area contributed by atoms with Crippen molar-refractivity contribution in [3.8, 4) is 0 Å². The van der Waals surface area contributed by atoms with Crippen LogP contribution < -0.4 is 0 Å². The Bertz CT molecular complexity index is 412. The molecule has 96 valence electrons. The Balaban J connectivity index is 1.67. The van der Waals surface area contributed by atoms with Gasteiger partial charge in [-0.2, -0.15) is 0 Å². The molecule has 0 aromatic heterocycles. The minimum absolute atomic E-state index is 0.253. The van der Waals surface area contributed by atoms with Crippen LogP contribution in [0.5, 0.6) is 0 Å². The molecule has 1 aromatic rings.